The molecule has 0 saturated carbocycles. The zero-order valence-corrected chi connectivity index (χ0v) is 12.2. The predicted molar refractivity (Wildman–Crippen MR) is 76.2 cm³/mol. The number of amides is 1. The number of rotatable bonds is 6. The Kier molecular flexibility index (Phi) is 4.55. The van der Waals surface area contributed by atoms with Crippen molar-refractivity contribution in [3.8, 4) is 0 Å². The topological polar surface area (TPSA) is 56.0 Å². The van der Waals surface area contributed by atoms with E-state index in [-0.39, 0.29) is 11.9 Å². The van der Waals surface area contributed by atoms with E-state index in [4.69, 9.17) is 0 Å². The maximum atomic E-state index is 12.5. The molecule has 0 spiro atoms. The second-order valence-electron chi connectivity index (χ2n) is 4.86. The molecule has 0 aliphatic heterocycles. The molecule has 0 fully saturated rings. The molecule has 2 aromatic rings. The third kappa shape index (κ3) is 3.26. The summed E-state index contributed by atoms with van der Waals surface area (Å²) in [6.07, 6.45) is 7.31. The Labute approximate surface area is 119 Å². The third-order valence-electron chi connectivity index (χ3n) is 3.34. The number of hydrogen-bond donors (Lipinski definition) is 0. The summed E-state index contributed by atoms with van der Waals surface area (Å²) in [5.74, 6) is 0.0859. The van der Waals surface area contributed by atoms with Crippen LogP contribution in [0.4, 0.5) is 0 Å². The van der Waals surface area contributed by atoms with Crippen molar-refractivity contribution in [2.24, 2.45) is 0 Å². The van der Waals surface area contributed by atoms with E-state index in [9.17, 15) is 4.79 Å². The van der Waals surface area contributed by atoms with Gasteiger partial charge in [0.2, 0.25) is 5.91 Å². The molecule has 0 radical (unpaired) electrons. The van der Waals surface area contributed by atoms with Gasteiger partial charge in [0, 0.05) is 31.7 Å². The average molecular weight is 275 g/mol. The van der Waals surface area contributed by atoms with Crippen molar-refractivity contribution in [1.82, 2.24) is 24.5 Å². The van der Waals surface area contributed by atoms with Crippen molar-refractivity contribution < 1.29 is 4.79 Å². The maximum absolute atomic E-state index is 12.5. The molecule has 1 atom stereocenters. The molecule has 0 bridgehead atoms. The lowest BCUT2D eigenvalue weighted by atomic mass is 10.3. The summed E-state index contributed by atoms with van der Waals surface area (Å²) in [6, 6.07) is 1.61. The minimum absolute atomic E-state index is 0.0859. The van der Waals surface area contributed by atoms with E-state index >= 15 is 0 Å². The lowest BCUT2D eigenvalue weighted by Gasteiger charge is -2.24. The highest BCUT2D eigenvalue weighted by atomic mass is 16.2. The predicted octanol–water partition coefficient (Wildman–Crippen LogP) is 1.50. The Morgan fingerprint density at radius 3 is 2.80 bits per heavy atom. The molecule has 2 aromatic heterocycles. The average Bonchev–Trinajstić information content (AvgIpc) is 3.09. The van der Waals surface area contributed by atoms with Crippen LogP contribution in [-0.4, -0.2) is 43.5 Å². The minimum Gasteiger partial charge on any atom is -0.339 e. The first-order valence-electron chi connectivity index (χ1n) is 6.88. The number of carbonyl (C=O) groups excluding carboxylic acids is 1. The van der Waals surface area contributed by atoms with E-state index in [1.807, 2.05) is 48.8 Å². The van der Waals surface area contributed by atoms with Gasteiger partial charge in [-0.3, -0.25) is 14.2 Å². The van der Waals surface area contributed by atoms with Crippen molar-refractivity contribution >= 4 is 5.91 Å². The largest absolute Gasteiger partial charge is 0.339 e. The van der Waals surface area contributed by atoms with Crippen molar-refractivity contribution in [2.45, 2.75) is 33.4 Å². The quantitative estimate of drug-likeness (QED) is 0.802. The molecule has 0 aliphatic carbocycles. The molecule has 2 rings (SSSR count). The van der Waals surface area contributed by atoms with Gasteiger partial charge in [0.1, 0.15) is 6.04 Å². The molecule has 108 valence electrons. The monoisotopic (exact) mass is 275 g/mol. The summed E-state index contributed by atoms with van der Waals surface area (Å²) in [5.41, 5.74) is 1.06. The molecule has 0 saturated heterocycles. The van der Waals surface area contributed by atoms with Gasteiger partial charge in [-0.2, -0.15) is 10.2 Å². The molecule has 1 unspecified atom stereocenters. The zero-order valence-electron chi connectivity index (χ0n) is 12.2. The summed E-state index contributed by atoms with van der Waals surface area (Å²) in [4.78, 5) is 14.3. The molecular formula is C14H21N5O. The van der Waals surface area contributed by atoms with Gasteiger partial charge in [-0.25, -0.2) is 0 Å². The summed E-state index contributed by atoms with van der Waals surface area (Å²) >= 11 is 0. The summed E-state index contributed by atoms with van der Waals surface area (Å²) < 4.78 is 3.55. The van der Waals surface area contributed by atoms with Gasteiger partial charge in [0.25, 0.3) is 0 Å². The zero-order chi connectivity index (χ0) is 14.5. The SMILES string of the molecule is CCN(CCn1cccn1)C(=O)C(C)n1cc(C)cn1. The van der Waals surface area contributed by atoms with Crippen molar-refractivity contribution in [3.63, 3.8) is 0 Å². The van der Waals surface area contributed by atoms with Gasteiger partial charge in [-0.15, -0.1) is 0 Å². The molecule has 0 aromatic carbocycles. The fourth-order valence-electron chi connectivity index (χ4n) is 2.10. The first-order valence-corrected chi connectivity index (χ1v) is 6.88. The summed E-state index contributed by atoms with van der Waals surface area (Å²) in [7, 11) is 0. The molecule has 0 N–H and O–H groups in total. The third-order valence-corrected chi connectivity index (χ3v) is 3.34. The molecule has 0 aliphatic rings. The second kappa shape index (κ2) is 6.36. The van der Waals surface area contributed by atoms with E-state index in [1.165, 1.54) is 0 Å². The fraction of sp³-hybridized carbons (Fsp3) is 0.500. The van der Waals surface area contributed by atoms with Crippen LogP contribution in [0.3, 0.4) is 0 Å². The number of nitrogens with zero attached hydrogens (tertiary/aromatic N) is 5. The van der Waals surface area contributed by atoms with E-state index in [2.05, 4.69) is 10.2 Å². The number of likely N-dealkylation sites (N-methyl/N-ethyl adjacent to an activating group) is 1. The highest BCUT2D eigenvalue weighted by Gasteiger charge is 2.21. The van der Waals surface area contributed by atoms with E-state index in [1.54, 1.807) is 17.1 Å². The van der Waals surface area contributed by atoms with Crippen LogP contribution < -0.4 is 0 Å². The standard InChI is InChI=1S/C14H21N5O/c1-4-17(8-9-18-7-5-6-15-18)14(20)13(3)19-11-12(2)10-16-19/h5-7,10-11,13H,4,8-9H2,1-3H3. The van der Waals surface area contributed by atoms with Crippen LogP contribution in [0.15, 0.2) is 30.9 Å². The lowest BCUT2D eigenvalue weighted by molar-refractivity contribution is -0.134. The molecule has 2 heterocycles. The highest BCUT2D eigenvalue weighted by molar-refractivity contribution is 5.79. The van der Waals surface area contributed by atoms with Gasteiger partial charge in [-0.05, 0) is 32.4 Å². The summed E-state index contributed by atoms with van der Waals surface area (Å²) in [6.45, 7) is 7.88. The Hall–Kier alpha value is -2.11. The molecule has 1 amide bonds. The molecule has 20 heavy (non-hydrogen) atoms. The number of aromatic nitrogens is 4. The van der Waals surface area contributed by atoms with Crippen molar-refractivity contribution in [3.05, 3.63) is 36.4 Å². The first-order chi connectivity index (χ1) is 9.61. The van der Waals surface area contributed by atoms with Crippen LogP contribution in [0.1, 0.15) is 25.5 Å². The van der Waals surface area contributed by atoms with Crippen LogP contribution >= 0.6 is 0 Å². The Bertz CT molecular complexity index is 546. The molecular weight excluding hydrogens is 254 g/mol. The second-order valence-corrected chi connectivity index (χ2v) is 4.86. The highest BCUT2D eigenvalue weighted by Crippen LogP contribution is 2.10. The van der Waals surface area contributed by atoms with Crippen molar-refractivity contribution in [2.75, 3.05) is 13.1 Å². The Morgan fingerprint density at radius 2 is 2.25 bits per heavy atom. The van der Waals surface area contributed by atoms with Gasteiger partial charge < -0.3 is 4.90 Å². The van der Waals surface area contributed by atoms with E-state index in [0.717, 1.165) is 5.56 Å². The normalized spacial score (nSPS) is 12.3. The van der Waals surface area contributed by atoms with Crippen LogP contribution in [0.5, 0.6) is 0 Å². The van der Waals surface area contributed by atoms with Crippen LogP contribution in [-0.2, 0) is 11.3 Å². The minimum atomic E-state index is -0.277. The van der Waals surface area contributed by atoms with Crippen LogP contribution in [0, 0.1) is 6.92 Å². The van der Waals surface area contributed by atoms with Gasteiger partial charge in [0.05, 0.1) is 12.7 Å². The number of aryl methyl sites for hydroxylation is 1. The summed E-state index contributed by atoms with van der Waals surface area (Å²) in [5, 5.41) is 8.36. The van der Waals surface area contributed by atoms with Crippen LogP contribution in [0.25, 0.3) is 0 Å². The fourth-order valence-corrected chi connectivity index (χ4v) is 2.10. The molecule has 6 heteroatoms. The number of carbonyl (C=O) groups is 1. The Balaban J connectivity index is 1.97. The van der Waals surface area contributed by atoms with Gasteiger partial charge in [0.15, 0.2) is 0 Å². The maximum Gasteiger partial charge on any atom is 0.247 e. The lowest BCUT2D eigenvalue weighted by Crippen LogP contribution is -2.38. The number of hydrogen-bond acceptors (Lipinski definition) is 3. The molecule has 6 nitrogen and oxygen atoms in total. The van der Waals surface area contributed by atoms with Crippen LogP contribution in [0.2, 0.25) is 0 Å². The first kappa shape index (κ1) is 14.3. The smallest absolute Gasteiger partial charge is 0.247 e. The van der Waals surface area contributed by atoms with Gasteiger partial charge in [-0.1, -0.05) is 0 Å². The van der Waals surface area contributed by atoms with E-state index < -0.39 is 0 Å². The van der Waals surface area contributed by atoms with Crippen molar-refractivity contribution in [1.29, 1.82) is 0 Å². The Morgan fingerprint density at radius 1 is 1.45 bits per heavy atom. The van der Waals surface area contributed by atoms with E-state index in [0.29, 0.717) is 19.6 Å². The van der Waals surface area contributed by atoms with Gasteiger partial charge >= 0.3 is 0 Å².